The van der Waals surface area contributed by atoms with Gasteiger partial charge in [-0.3, -0.25) is 14.4 Å². The third-order valence-corrected chi connectivity index (χ3v) is 3.62. The van der Waals surface area contributed by atoms with E-state index in [1.807, 2.05) is 32.0 Å². The van der Waals surface area contributed by atoms with E-state index in [0.29, 0.717) is 11.3 Å². The minimum absolute atomic E-state index is 0.0844. The molecule has 5 heteroatoms. The molecule has 0 aliphatic rings. The van der Waals surface area contributed by atoms with Crippen LogP contribution in [0.15, 0.2) is 42.5 Å². The number of hydrogen-bond donors (Lipinski definition) is 2. The van der Waals surface area contributed by atoms with Crippen molar-refractivity contribution < 1.29 is 14.4 Å². The van der Waals surface area contributed by atoms with Crippen molar-refractivity contribution in [3.8, 4) is 0 Å². The van der Waals surface area contributed by atoms with E-state index in [0.717, 1.165) is 16.8 Å². The van der Waals surface area contributed by atoms with Crippen LogP contribution in [-0.4, -0.2) is 17.6 Å². The molecular formula is C19H20N2O3. The van der Waals surface area contributed by atoms with Gasteiger partial charge in [-0.15, -0.1) is 0 Å². The summed E-state index contributed by atoms with van der Waals surface area (Å²) in [7, 11) is 0. The minimum atomic E-state index is -0.431. The van der Waals surface area contributed by atoms with Gasteiger partial charge in [0.15, 0.2) is 5.78 Å². The molecule has 0 unspecified atom stereocenters. The molecule has 0 aromatic heterocycles. The van der Waals surface area contributed by atoms with Crippen LogP contribution in [0, 0.1) is 13.8 Å². The van der Waals surface area contributed by atoms with Crippen molar-refractivity contribution in [3.63, 3.8) is 0 Å². The number of ketones is 1. The van der Waals surface area contributed by atoms with E-state index in [1.165, 1.54) is 6.92 Å². The number of hydrogen-bond acceptors (Lipinski definition) is 3. The number of anilines is 2. The monoisotopic (exact) mass is 324 g/mol. The van der Waals surface area contributed by atoms with Crippen molar-refractivity contribution in [2.24, 2.45) is 0 Å². The zero-order valence-corrected chi connectivity index (χ0v) is 14.0. The number of para-hydroxylation sites is 1. The van der Waals surface area contributed by atoms with Crippen LogP contribution in [0.2, 0.25) is 0 Å². The summed E-state index contributed by atoms with van der Waals surface area (Å²) in [5.74, 6) is -0.897. The molecule has 2 N–H and O–H groups in total. The Kier molecular flexibility index (Phi) is 5.47. The van der Waals surface area contributed by atoms with E-state index >= 15 is 0 Å². The Bertz CT molecular complexity index is 777. The summed E-state index contributed by atoms with van der Waals surface area (Å²) in [6.45, 7) is 5.25. The van der Waals surface area contributed by atoms with Crippen LogP contribution in [0.5, 0.6) is 0 Å². The summed E-state index contributed by atoms with van der Waals surface area (Å²) in [6, 6.07) is 12.3. The van der Waals surface area contributed by atoms with Crippen molar-refractivity contribution in [2.45, 2.75) is 27.2 Å². The lowest BCUT2D eigenvalue weighted by Crippen LogP contribution is -2.22. The van der Waals surface area contributed by atoms with Crippen LogP contribution < -0.4 is 10.6 Å². The molecule has 124 valence electrons. The molecule has 0 fully saturated rings. The molecule has 24 heavy (non-hydrogen) atoms. The van der Waals surface area contributed by atoms with Gasteiger partial charge >= 0.3 is 0 Å². The number of Topliss-reactive ketones (excluding diaryl/α,β-unsaturated/α-hetero) is 1. The van der Waals surface area contributed by atoms with Crippen molar-refractivity contribution in [1.29, 1.82) is 0 Å². The van der Waals surface area contributed by atoms with Crippen LogP contribution >= 0.6 is 0 Å². The van der Waals surface area contributed by atoms with E-state index in [-0.39, 0.29) is 18.1 Å². The fourth-order valence-electron chi connectivity index (χ4n) is 2.36. The van der Waals surface area contributed by atoms with Crippen LogP contribution in [-0.2, 0) is 9.59 Å². The first-order valence-electron chi connectivity index (χ1n) is 7.63. The second kappa shape index (κ2) is 7.55. The maximum absolute atomic E-state index is 12.1. The van der Waals surface area contributed by atoms with Crippen LogP contribution in [0.25, 0.3) is 0 Å². The Morgan fingerprint density at radius 2 is 1.46 bits per heavy atom. The topological polar surface area (TPSA) is 75.3 Å². The summed E-state index contributed by atoms with van der Waals surface area (Å²) < 4.78 is 0. The lowest BCUT2D eigenvalue weighted by molar-refractivity contribution is -0.123. The number of amides is 2. The normalized spacial score (nSPS) is 10.1. The molecule has 2 amide bonds. The molecule has 0 bridgehead atoms. The molecule has 0 spiro atoms. The highest BCUT2D eigenvalue weighted by atomic mass is 16.2. The van der Waals surface area contributed by atoms with Gasteiger partial charge in [-0.2, -0.15) is 0 Å². The quantitative estimate of drug-likeness (QED) is 0.653. The Morgan fingerprint density at radius 1 is 0.875 bits per heavy atom. The standard InChI is InChI=1S/C19H20N2O3/c1-12-6-4-7-13(2)19(12)21-18(24)11-17(23)20-16-9-5-8-15(10-16)14(3)22/h4-10H,11H2,1-3H3,(H,20,23)(H,21,24). The second-order valence-corrected chi connectivity index (χ2v) is 5.68. The number of carbonyl (C=O) groups is 3. The first-order valence-corrected chi connectivity index (χ1v) is 7.63. The number of benzene rings is 2. The minimum Gasteiger partial charge on any atom is -0.326 e. The molecule has 0 atom stereocenters. The van der Waals surface area contributed by atoms with Gasteiger partial charge in [-0.1, -0.05) is 30.3 Å². The van der Waals surface area contributed by atoms with Gasteiger partial charge in [0.2, 0.25) is 11.8 Å². The van der Waals surface area contributed by atoms with Gasteiger partial charge in [0.1, 0.15) is 6.42 Å². The molecule has 5 nitrogen and oxygen atoms in total. The largest absolute Gasteiger partial charge is 0.326 e. The number of nitrogens with one attached hydrogen (secondary N) is 2. The molecule has 2 aromatic carbocycles. The molecule has 0 aliphatic carbocycles. The van der Waals surface area contributed by atoms with Gasteiger partial charge in [-0.05, 0) is 44.0 Å². The lowest BCUT2D eigenvalue weighted by Gasteiger charge is -2.11. The average molecular weight is 324 g/mol. The molecule has 0 saturated heterocycles. The van der Waals surface area contributed by atoms with Gasteiger partial charge in [0, 0.05) is 16.9 Å². The number of rotatable bonds is 5. The van der Waals surface area contributed by atoms with Crippen LogP contribution in [0.3, 0.4) is 0 Å². The summed E-state index contributed by atoms with van der Waals surface area (Å²) >= 11 is 0. The van der Waals surface area contributed by atoms with Crippen LogP contribution in [0.1, 0.15) is 34.8 Å². The first-order chi connectivity index (χ1) is 11.4. The first kappa shape index (κ1) is 17.4. The predicted octanol–water partition coefficient (Wildman–Crippen LogP) is 3.47. The molecule has 0 heterocycles. The van der Waals surface area contributed by atoms with Crippen molar-refractivity contribution in [1.82, 2.24) is 0 Å². The fourth-order valence-corrected chi connectivity index (χ4v) is 2.36. The van der Waals surface area contributed by atoms with Crippen molar-refractivity contribution in [2.75, 3.05) is 10.6 Å². The summed E-state index contributed by atoms with van der Waals surface area (Å²) in [5.41, 5.74) is 3.62. The third-order valence-electron chi connectivity index (χ3n) is 3.62. The maximum atomic E-state index is 12.1. The third kappa shape index (κ3) is 4.52. The second-order valence-electron chi connectivity index (χ2n) is 5.68. The Balaban J connectivity index is 1.98. The van der Waals surface area contributed by atoms with Gasteiger partial charge in [0.05, 0.1) is 0 Å². The van der Waals surface area contributed by atoms with E-state index in [2.05, 4.69) is 10.6 Å². The number of carbonyl (C=O) groups excluding carboxylic acids is 3. The Labute approximate surface area is 141 Å². The number of aryl methyl sites for hydroxylation is 2. The van der Waals surface area contributed by atoms with Crippen molar-refractivity contribution in [3.05, 3.63) is 59.2 Å². The SMILES string of the molecule is CC(=O)c1cccc(NC(=O)CC(=O)Nc2c(C)cccc2C)c1. The lowest BCUT2D eigenvalue weighted by atomic mass is 10.1. The highest BCUT2D eigenvalue weighted by Gasteiger charge is 2.12. The van der Waals surface area contributed by atoms with Gasteiger partial charge < -0.3 is 10.6 Å². The maximum Gasteiger partial charge on any atom is 0.233 e. The molecular weight excluding hydrogens is 304 g/mol. The molecule has 2 rings (SSSR count). The zero-order valence-electron chi connectivity index (χ0n) is 14.0. The molecule has 0 radical (unpaired) electrons. The van der Waals surface area contributed by atoms with E-state index in [9.17, 15) is 14.4 Å². The molecule has 0 saturated carbocycles. The van der Waals surface area contributed by atoms with Gasteiger partial charge in [0.25, 0.3) is 0 Å². The van der Waals surface area contributed by atoms with E-state index < -0.39 is 5.91 Å². The zero-order chi connectivity index (χ0) is 17.7. The Hall–Kier alpha value is -2.95. The van der Waals surface area contributed by atoms with Crippen molar-refractivity contribution >= 4 is 29.0 Å². The molecule has 0 aliphatic heterocycles. The van der Waals surface area contributed by atoms with E-state index in [1.54, 1.807) is 24.3 Å². The average Bonchev–Trinajstić information content (AvgIpc) is 2.51. The predicted molar refractivity (Wildman–Crippen MR) is 94.2 cm³/mol. The smallest absolute Gasteiger partial charge is 0.233 e. The highest BCUT2D eigenvalue weighted by Crippen LogP contribution is 2.19. The van der Waals surface area contributed by atoms with Gasteiger partial charge in [-0.25, -0.2) is 0 Å². The van der Waals surface area contributed by atoms with E-state index in [4.69, 9.17) is 0 Å². The summed E-state index contributed by atoms with van der Waals surface area (Å²) in [5, 5.41) is 5.40. The molecule has 2 aromatic rings. The summed E-state index contributed by atoms with van der Waals surface area (Å²) in [6.07, 6.45) is -0.294. The highest BCUT2D eigenvalue weighted by molar-refractivity contribution is 6.08. The summed E-state index contributed by atoms with van der Waals surface area (Å²) in [4.78, 5) is 35.4. The van der Waals surface area contributed by atoms with Crippen LogP contribution in [0.4, 0.5) is 11.4 Å². The fraction of sp³-hybridized carbons (Fsp3) is 0.211. The Morgan fingerprint density at radius 3 is 2.08 bits per heavy atom.